The fourth-order valence-corrected chi connectivity index (χ4v) is 7.31. The summed E-state index contributed by atoms with van der Waals surface area (Å²) in [6, 6.07) is 5.57. The summed E-state index contributed by atoms with van der Waals surface area (Å²) in [4.78, 5) is 54.9. The lowest BCUT2D eigenvalue weighted by Crippen LogP contribution is -2.23. The topological polar surface area (TPSA) is 116 Å². The molecule has 0 saturated carbocycles. The van der Waals surface area contributed by atoms with E-state index in [9.17, 15) is 19.2 Å². The van der Waals surface area contributed by atoms with Gasteiger partial charge in [-0.05, 0) is 43.0 Å². The molecule has 1 N–H and O–H groups in total. The largest absolute Gasteiger partial charge is 0.468 e. The Morgan fingerprint density at radius 3 is 2.69 bits per heavy atom. The summed E-state index contributed by atoms with van der Waals surface area (Å²) < 4.78 is 13.0. The number of benzene rings is 1. The molecule has 1 aliphatic rings. The molecule has 0 bridgehead atoms. The van der Waals surface area contributed by atoms with Gasteiger partial charge in [-0.3, -0.25) is 14.4 Å². The van der Waals surface area contributed by atoms with Crippen LogP contribution in [-0.4, -0.2) is 54.0 Å². The summed E-state index contributed by atoms with van der Waals surface area (Å²) in [7, 11) is 2.62. The number of anilines is 1. The van der Waals surface area contributed by atoms with E-state index in [1.54, 1.807) is 4.57 Å². The number of methoxy groups -OCH3 is 2. The molecule has 4 rings (SSSR count). The Morgan fingerprint density at radius 1 is 1.14 bits per heavy atom. The number of aromatic nitrogens is 1. The number of nitrogens with zero attached hydrogens (tertiary/aromatic N) is 2. The molecule has 0 unspecified atom stereocenters. The van der Waals surface area contributed by atoms with Crippen LogP contribution < -0.4 is 10.1 Å². The number of halogens is 1. The lowest BCUT2D eigenvalue weighted by Gasteiger charge is -2.06. The van der Waals surface area contributed by atoms with Crippen LogP contribution in [0.15, 0.2) is 27.7 Å². The first-order valence-corrected chi connectivity index (χ1v) is 14.4. The van der Waals surface area contributed by atoms with Crippen molar-refractivity contribution in [3.05, 3.63) is 43.5 Å². The van der Waals surface area contributed by atoms with E-state index in [0.29, 0.717) is 15.4 Å². The Hall–Kier alpha value is -2.48. The van der Waals surface area contributed by atoms with E-state index in [4.69, 9.17) is 9.47 Å². The highest BCUT2D eigenvalue weighted by Gasteiger charge is 2.28. The van der Waals surface area contributed by atoms with Crippen LogP contribution in [0.2, 0.25) is 0 Å². The molecule has 0 radical (unpaired) electrons. The van der Waals surface area contributed by atoms with Gasteiger partial charge in [0.2, 0.25) is 5.91 Å². The number of fused-ring (bicyclic) bond motifs is 2. The smallest absolute Gasteiger partial charge is 0.341 e. The van der Waals surface area contributed by atoms with Crippen molar-refractivity contribution >= 4 is 89.3 Å². The van der Waals surface area contributed by atoms with E-state index < -0.39 is 17.8 Å². The fraction of sp³-hybridized carbons (Fsp3) is 0.348. The number of aryl methyl sites for hydroxylation is 1. The number of thioether (sulfide) groups is 1. The fourth-order valence-electron chi connectivity index (χ4n) is 3.82. The number of nitrogens with one attached hydrogen (secondary N) is 1. The van der Waals surface area contributed by atoms with Crippen molar-refractivity contribution in [1.29, 1.82) is 0 Å². The van der Waals surface area contributed by atoms with Crippen LogP contribution in [0.5, 0.6) is 0 Å². The van der Waals surface area contributed by atoms with Crippen LogP contribution in [0.3, 0.4) is 0 Å². The Bertz CT molecular complexity index is 1420. The van der Waals surface area contributed by atoms with Gasteiger partial charge in [-0.25, -0.2) is 4.79 Å². The van der Waals surface area contributed by atoms with Crippen LogP contribution in [0.25, 0.3) is 10.2 Å². The SMILES string of the molecule is COC(=O)Cn1c(=NC(=O)CSCC(=O)Nc2sc3c(c2C(=O)OC)CCC3)sc2cc(Br)ccc21. The normalized spacial score (nSPS) is 13.0. The monoisotopic (exact) mass is 611 g/mol. The zero-order chi connectivity index (χ0) is 25.8. The Kier molecular flexibility index (Phi) is 8.65. The summed E-state index contributed by atoms with van der Waals surface area (Å²) >= 11 is 7.23. The number of carbonyl (C=O) groups is 4. The van der Waals surface area contributed by atoms with E-state index in [0.717, 1.165) is 56.2 Å². The molecule has 2 aromatic heterocycles. The molecule has 2 heterocycles. The minimum Gasteiger partial charge on any atom is -0.468 e. The molecular weight excluding hydrogens is 590 g/mol. The average Bonchev–Trinajstić information content (AvgIpc) is 3.51. The number of hydrogen-bond donors (Lipinski definition) is 1. The number of hydrogen-bond acceptors (Lipinski definition) is 9. The van der Waals surface area contributed by atoms with Gasteiger partial charge in [0, 0.05) is 9.35 Å². The molecule has 2 amide bonds. The van der Waals surface area contributed by atoms with Crippen LogP contribution in [0.1, 0.15) is 27.2 Å². The molecule has 190 valence electrons. The first kappa shape index (κ1) is 26.6. The van der Waals surface area contributed by atoms with Crippen molar-refractivity contribution in [3.8, 4) is 0 Å². The van der Waals surface area contributed by atoms with Crippen molar-refractivity contribution in [2.45, 2.75) is 25.8 Å². The zero-order valence-corrected chi connectivity index (χ0v) is 23.5. The first-order valence-electron chi connectivity index (χ1n) is 10.8. The number of carbonyl (C=O) groups excluding carboxylic acids is 4. The molecule has 1 aromatic carbocycles. The number of thiazole rings is 1. The van der Waals surface area contributed by atoms with Gasteiger partial charge in [0.05, 0.1) is 41.5 Å². The molecule has 3 aromatic rings. The number of esters is 2. The average molecular weight is 613 g/mol. The number of thiophene rings is 1. The third-order valence-electron chi connectivity index (χ3n) is 5.40. The second kappa shape index (κ2) is 11.7. The molecule has 0 saturated heterocycles. The molecule has 1 aliphatic carbocycles. The summed E-state index contributed by atoms with van der Waals surface area (Å²) in [6.45, 7) is -0.0763. The van der Waals surface area contributed by atoms with Crippen LogP contribution in [0, 0.1) is 0 Å². The maximum absolute atomic E-state index is 12.6. The minimum atomic E-state index is -0.457. The predicted molar refractivity (Wildman–Crippen MR) is 144 cm³/mol. The van der Waals surface area contributed by atoms with E-state index in [2.05, 4.69) is 26.2 Å². The highest BCUT2D eigenvalue weighted by Crippen LogP contribution is 2.39. The van der Waals surface area contributed by atoms with E-state index in [-0.39, 0.29) is 24.0 Å². The van der Waals surface area contributed by atoms with Crippen molar-refractivity contribution in [3.63, 3.8) is 0 Å². The van der Waals surface area contributed by atoms with Crippen molar-refractivity contribution in [2.24, 2.45) is 4.99 Å². The Morgan fingerprint density at radius 2 is 1.94 bits per heavy atom. The van der Waals surface area contributed by atoms with E-state index in [1.807, 2.05) is 18.2 Å². The molecule has 0 fully saturated rings. The Balaban J connectivity index is 1.42. The van der Waals surface area contributed by atoms with Gasteiger partial charge in [-0.1, -0.05) is 27.3 Å². The lowest BCUT2D eigenvalue weighted by molar-refractivity contribution is -0.141. The van der Waals surface area contributed by atoms with E-state index in [1.165, 1.54) is 36.9 Å². The van der Waals surface area contributed by atoms with E-state index >= 15 is 0 Å². The van der Waals surface area contributed by atoms with Crippen LogP contribution in [-0.2, 0) is 43.2 Å². The molecular formula is C23H22BrN3O6S3. The van der Waals surface area contributed by atoms with Gasteiger partial charge >= 0.3 is 11.9 Å². The maximum Gasteiger partial charge on any atom is 0.341 e. The standard InChI is InChI=1S/C23H22BrN3O6S3/c1-32-19(30)9-27-14-7-6-12(24)8-16(14)36-23(27)26-18(29)11-34-10-17(28)25-21-20(22(31)33-2)13-4-3-5-15(13)35-21/h6-8H,3-5,9-11H2,1-2H3,(H,25,28). The molecule has 36 heavy (non-hydrogen) atoms. The van der Waals surface area contributed by atoms with Crippen LogP contribution >= 0.6 is 50.4 Å². The summed E-state index contributed by atoms with van der Waals surface area (Å²) in [6.07, 6.45) is 2.66. The zero-order valence-electron chi connectivity index (χ0n) is 19.4. The number of rotatable bonds is 8. The maximum atomic E-state index is 12.6. The number of amides is 2. The first-order chi connectivity index (χ1) is 17.3. The predicted octanol–water partition coefficient (Wildman–Crippen LogP) is 3.77. The van der Waals surface area contributed by atoms with Gasteiger partial charge in [-0.2, -0.15) is 4.99 Å². The van der Waals surface area contributed by atoms with Gasteiger partial charge in [-0.15, -0.1) is 23.1 Å². The quantitative estimate of drug-likeness (QED) is 0.385. The third-order valence-corrected chi connectivity index (χ3v) is 9.06. The third kappa shape index (κ3) is 5.90. The van der Waals surface area contributed by atoms with Crippen molar-refractivity contribution in [1.82, 2.24) is 4.57 Å². The van der Waals surface area contributed by atoms with Gasteiger partial charge in [0.25, 0.3) is 5.91 Å². The highest BCUT2D eigenvalue weighted by atomic mass is 79.9. The number of ether oxygens (including phenoxy) is 2. The summed E-state index contributed by atoms with van der Waals surface area (Å²) in [5.41, 5.74) is 2.15. The summed E-state index contributed by atoms with van der Waals surface area (Å²) in [5.74, 6) is -1.65. The molecule has 9 nitrogen and oxygen atoms in total. The van der Waals surface area contributed by atoms with Gasteiger partial charge in [0.1, 0.15) is 11.5 Å². The second-order valence-electron chi connectivity index (χ2n) is 7.76. The van der Waals surface area contributed by atoms with Crippen molar-refractivity contribution in [2.75, 3.05) is 31.0 Å². The van der Waals surface area contributed by atoms with Crippen LogP contribution in [0.4, 0.5) is 5.00 Å². The second-order valence-corrected chi connectivity index (χ2v) is 11.8. The Labute approximate surface area is 227 Å². The minimum absolute atomic E-state index is 0.0195. The molecule has 13 heteroatoms. The van der Waals surface area contributed by atoms with Gasteiger partial charge < -0.3 is 19.4 Å². The molecule has 0 aliphatic heterocycles. The lowest BCUT2D eigenvalue weighted by atomic mass is 10.1. The molecule has 0 atom stereocenters. The van der Waals surface area contributed by atoms with Gasteiger partial charge in [0.15, 0.2) is 4.80 Å². The molecule has 0 spiro atoms. The summed E-state index contributed by atoms with van der Waals surface area (Å²) in [5, 5.41) is 3.29. The van der Waals surface area contributed by atoms with Crippen molar-refractivity contribution < 1.29 is 28.7 Å². The highest BCUT2D eigenvalue weighted by molar-refractivity contribution is 9.10.